The summed E-state index contributed by atoms with van der Waals surface area (Å²) in [4.78, 5) is 41.6. The van der Waals surface area contributed by atoms with Gasteiger partial charge in [-0.15, -0.1) is 5.10 Å². The lowest BCUT2D eigenvalue weighted by Gasteiger charge is -2.25. The zero-order valence-electron chi connectivity index (χ0n) is 23.4. The smallest absolute Gasteiger partial charge is 0.251 e. The van der Waals surface area contributed by atoms with Gasteiger partial charge in [-0.1, -0.05) is 47.1 Å². The maximum absolute atomic E-state index is 13.3. The predicted octanol–water partition coefficient (Wildman–Crippen LogP) is 2.34. The first kappa shape index (κ1) is 29.5. The molecule has 2 aromatic carbocycles. The van der Waals surface area contributed by atoms with Gasteiger partial charge >= 0.3 is 0 Å². The van der Waals surface area contributed by atoms with E-state index in [2.05, 4.69) is 26.3 Å². The summed E-state index contributed by atoms with van der Waals surface area (Å²) in [6.45, 7) is 2.90. The van der Waals surface area contributed by atoms with Crippen LogP contribution in [0.3, 0.4) is 0 Å². The van der Waals surface area contributed by atoms with Gasteiger partial charge in [-0.25, -0.2) is 0 Å². The minimum absolute atomic E-state index is 0.0239. The quantitative estimate of drug-likeness (QED) is 0.425. The Balaban J connectivity index is 1.34. The first-order valence-corrected chi connectivity index (χ1v) is 14.8. The van der Waals surface area contributed by atoms with E-state index in [-0.39, 0.29) is 17.9 Å². The van der Waals surface area contributed by atoms with E-state index in [1.54, 1.807) is 27.8 Å². The summed E-state index contributed by atoms with van der Waals surface area (Å²) in [6.07, 6.45) is 5.12. The molecule has 4 heterocycles. The average molecular weight is 594 g/mol. The van der Waals surface area contributed by atoms with E-state index in [4.69, 9.17) is 16.3 Å². The van der Waals surface area contributed by atoms with Crippen LogP contribution in [0.4, 0.5) is 0 Å². The average Bonchev–Trinajstić information content (AvgIpc) is 3.69. The van der Waals surface area contributed by atoms with Gasteiger partial charge in [-0.05, 0) is 49.6 Å². The highest BCUT2D eigenvalue weighted by Crippen LogP contribution is 2.26. The molecule has 6 rings (SSSR count). The van der Waals surface area contributed by atoms with E-state index < -0.39 is 11.9 Å². The number of aryl methyl sites for hydroxylation is 1. The topological polar surface area (TPSA) is 130 Å². The number of amides is 3. The Labute approximate surface area is 249 Å². The van der Waals surface area contributed by atoms with Crippen molar-refractivity contribution in [3.63, 3.8) is 0 Å². The van der Waals surface area contributed by atoms with Crippen LogP contribution in [0.5, 0.6) is 5.75 Å². The molecule has 0 saturated carbocycles. The molecule has 2 atom stereocenters. The fourth-order valence-electron chi connectivity index (χ4n) is 5.17. The van der Waals surface area contributed by atoms with Crippen molar-refractivity contribution >= 4 is 29.3 Å². The summed E-state index contributed by atoms with van der Waals surface area (Å²) in [5.74, 6) is -0.224. The molecule has 11 nitrogen and oxygen atoms in total. The number of rotatable bonds is 3. The van der Waals surface area contributed by atoms with Crippen molar-refractivity contribution in [1.82, 2.24) is 35.8 Å². The van der Waals surface area contributed by atoms with Crippen molar-refractivity contribution in [3.8, 4) is 5.75 Å². The van der Waals surface area contributed by atoms with Crippen LogP contribution < -0.4 is 20.7 Å². The highest BCUT2D eigenvalue weighted by molar-refractivity contribution is 6.32. The summed E-state index contributed by atoms with van der Waals surface area (Å²) in [5, 5.41) is 17.9. The molecule has 4 bridgehead atoms. The number of carbonyl (C=O) groups is 3. The third kappa shape index (κ3) is 7.86. The Hall–Kier alpha value is -3.96. The Kier molecular flexibility index (Phi) is 10.0. The fourth-order valence-corrected chi connectivity index (χ4v) is 5.41. The summed E-state index contributed by atoms with van der Waals surface area (Å²) >= 11 is 6.43. The molecular weight excluding hydrogens is 558 g/mol. The lowest BCUT2D eigenvalue weighted by atomic mass is 10.0. The van der Waals surface area contributed by atoms with Crippen LogP contribution in [-0.4, -0.2) is 75.9 Å². The molecule has 3 amide bonds. The van der Waals surface area contributed by atoms with Crippen molar-refractivity contribution in [1.29, 1.82) is 0 Å². The number of fused-ring (bicyclic) bond motifs is 14. The number of halogens is 1. The molecule has 1 fully saturated rings. The molecule has 0 spiro atoms. The molecule has 222 valence electrons. The molecule has 0 aliphatic carbocycles. The van der Waals surface area contributed by atoms with Crippen LogP contribution in [0.15, 0.2) is 54.7 Å². The van der Waals surface area contributed by atoms with Gasteiger partial charge in [0, 0.05) is 38.0 Å². The van der Waals surface area contributed by atoms with Gasteiger partial charge in [0.15, 0.2) is 0 Å². The lowest BCUT2D eigenvalue weighted by molar-refractivity contribution is -0.133. The molecule has 42 heavy (non-hydrogen) atoms. The fraction of sp³-hybridized carbons (Fsp3) is 0.433. The van der Waals surface area contributed by atoms with E-state index in [1.807, 2.05) is 36.5 Å². The number of hydrogen-bond acceptors (Lipinski definition) is 7. The van der Waals surface area contributed by atoms with Crippen LogP contribution in [0.25, 0.3) is 0 Å². The van der Waals surface area contributed by atoms with Crippen LogP contribution in [0, 0.1) is 0 Å². The number of ether oxygens (including phenoxy) is 1. The van der Waals surface area contributed by atoms with Crippen LogP contribution in [0.1, 0.15) is 47.3 Å². The first-order chi connectivity index (χ1) is 20.5. The molecule has 1 aromatic heterocycles. The van der Waals surface area contributed by atoms with Crippen molar-refractivity contribution < 1.29 is 19.1 Å². The van der Waals surface area contributed by atoms with Gasteiger partial charge < -0.3 is 25.6 Å². The molecule has 0 radical (unpaired) electrons. The maximum atomic E-state index is 13.3. The second-order valence-corrected chi connectivity index (χ2v) is 11.0. The minimum atomic E-state index is -0.806. The lowest BCUT2D eigenvalue weighted by Crippen LogP contribution is -2.49. The number of hydrogen-bond donors (Lipinski definition) is 3. The van der Waals surface area contributed by atoms with Crippen molar-refractivity contribution in [2.45, 2.75) is 57.3 Å². The Morgan fingerprint density at radius 1 is 1.05 bits per heavy atom. The van der Waals surface area contributed by atoms with Gasteiger partial charge in [-0.2, -0.15) is 0 Å². The molecule has 3 N–H and O–H groups in total. The SMILES string of the molecule is O=C1N[C@@H](Cc2ccccc2)C(=O)NCCCN(C(=O)[C@@H]2CCCN2)Cc2cn(nn2)CCCOc2ccc1cc2Cl. The van der Waals surface area contributed by atoms with Gasteiger partial charge in [0.1, 0.15) is 17.5 Å². The normalized spacial score (nSPS) is 20.7. The van der Waals surface area contributed by atoms with E-state index in [0.29, 0.717) is 74.1 Å². The highest BCUT2D eigenvalue weighted by atomic mass is 35.5. The largest absolute Gasteiger partial charge is 0.492 e. The van der Waals surface area contributed by atoms with E-state index in [9.17, 15) is 14.4 Å². The molecular formula is C30H36ClN7O4. The molecule has 3 aromatic rings. The second-order valence-electron chi connectivity index (χ2n) is 10.6. The molecule has 12 heteroatoms. The number of aromatic nitrogens is 3. The van der Waals surface area contributed by atoms with E-state index in [1.165, 1.54) is 0 Å². The van der Waals surface area contributed by atoms with Gasteiger partial charge in [-0.3, -0.25) is 19.1 Å². The molecule has 0 unspecified atom stereocenters. The summed E-state index contributed by atoms with van der Waals surface area (Å²) in [5.41, 5.74) is 1.94. The van der Waals surface area contributed by atoms with Crippen molar-refractivity contribution in [2.75, 3.05) is 26.2 Å². The van der Waals surface area contributed by atoms with E-state index >= 15 is 0 Å². The summed E-state index contributed by atoms with van der Waals surface area (Å²) in [7, 11) is 0. The number of nitrogens with zero attached hydrogens (tertiary/aromatic N) is 4. The Morgan fingerprint density at radius 2 is 1.90 bits per heavy atom. The first-order valence-electron chi connectivity index (χ1n) is 14.4. The zero-order chi connectivity index (χ0) is 29.3. The number of benzene rings is 2. The second kappa shape index (κ2) is 14.3. The minimum Gasteiger partial charge on any atom is -0.492 e. The van der Waals surface area contributed by atoms with Crippen molar-refractivity contribution in [3.05, 3.63) is 76.6 Å². The van der Waals surface area contributed by atoms with Gasteiger partial charge in [0.2, 0.25) is 11.8 Å². The van der Waals surface area contributed by atoms with Crippen LogP contribution in [0.2, 0.25) is 5.02 Å². The third-order valence-electron chi connectivity index (χ3n) is 7.40. The Bertz CT molecular complexity index is 1380. The van der Waals surface area contributed by atoms with Crippen LogP contribution in [-0.2, 0) is 29.1 Å². The third-order valence-corrected chi connectivity index (χ3v) is 7.70. The monoisotopic (exact) mass is 593 g/mol. The van der Waals surface area contributed by atoms with Crippen molar-refractivity contribution in [2.24, 2.45) is 0 Å². The summed E-state index contributed by atoms with van der Waals surface area (Å²) < 4.78 is 7.58. The molecule has 3 aliphatic heterocycles. The standard InChI is InChI=1S/C30H36ClN7O4/c31-24-18-22-10-11-27(24)42-16-6-15-38-20-23(35-36-38)19-37(30(41)25-9-4-12-32-25)14-5-13-33-29(40)26(34-28(22)39)17-21-7-2-1-3-8-21/h1-3,7-8,10-11,18,20,25-26,32H,4-6,9,12-17,19H2,(H,33,40)(H,34,39)/t25-,26-/m0/s1. The highest BCUT2D eigenvalue weighted by Gasteiger charge is 2.28. The number of nitrogens with one attached hydrogen (secondary N) is 3. The number of carbonyl (C=O) groups excluding carboxylic acids is 3. The molecule has 3 aliphatic rings. The Morgan fingerprint density at radius 3 is 2.69 bits per heavy atom. The molecule has 1 saturated heterocycles. The maximum Gasteiger partial charge on any atom is 0.251 e. The predicted molar refractivity (Wildman–Crippen MR) is 157 cm³/mol. The van der Waals surface area contributed by atoms with Gasteiger partial charge in [0.05, 0.1) is 30.4 Å². The van der Waals surface area contributed by atoms with Crippen LogP contribution >= 0.6 is 11.6 Å². The van der Waals surface area contributed by atoms with E-state index in [0.717, 1.165) is 24.9 Å². The summed E-state index contributed by atoms with van der Waals surface area (Å²) in [6, 6.07) is 13.3. The van der Waals surface area contributed by atoms with Gasteiger partial charge in [0.25, 0.3) is 5.91 Å². The zero-order valence-corrected chi connectivity index (χ0v) is 24.2.